The van der Waals surface area contributed by atoms with Crippen LogP contribution in [0.15, 0.2) is 47.6 Å². The van der Waals surface area contributed by atoms with Crippen LogP contribution in [0.4, 0.5) is 5.69 Å². The van der Waals surface area contributed by atoms with E-state index in [1.807, 2.05) is 0 Å². The summed E-state index contributed by atoms with van der Waals surface area (Å²) < 4.78 is 0. The third-order valence-corrected chi connectivity index (χ3v) is 3.74. The molecule has 0 bridgehead atoms. The Kier molecular flexibility index (Phi) is 5.32. The van der Waals surface area contributed by atoms with Gasteiger partial charge < -0.3 is 15.5 Å². The van der Waals surface area contributed by atoms with E-state index in [0.29, 0.717) is 5.69 Å². The Bertz CT molecular complexity index is 763. The number of carboxylic acids is 2. The van der Waals surface area contributed by atoms with E-state index < -0.39 is 11.9 Å². The van der Waals surface area contributed by atoms with Crippen molar-refractivity contribution in [3.05, 3.63) is 53.7 Å². The number of pyridine rings is 1. The van der Waals surface area contributed by atoms with Crippen LogP contribution >= 0.6 is 11.8 Å². The van der Waals surface area contributed by atoms with E-state index in [0.717, 1.165) is 11.8 Å². The largest absolute Gasteiger partial charge is 0.478 e. The first kappa shape index (κ1) is 16.5. The van der Waals surface area contributed by atoms with Gasteiger partial charge >= 0.3 is 11.9 Å². The van der Waals surface area contributed by atoms with E-state index >= 15 is 0 Å². The summed E-state index contributed by atoms with van der Waals surface area (Å²) >= 11 is 0.993. The Balaban J connectivity index is 2.00. The highest BCUT2D eigenvalue weighted by molar-refractivity contribution is 8.00. The molecule has 2 rings (SSSR count). The van der Waals surface area contributed by atoms with Crippen molar-refractivity contribution in [3.8, 4) is 0 Å². The first-order valence-electron chi connectivity index (χ1n) is 6.41. The maximum atomic E-state index is 11.9. The predicted octanol–water partition coefficient (Wildman–Crippen LogP) is 2.21. The number of hydrogen-bond donors (Lipinski definition) is 3. The van der Waals surface area contributed by atoms with E-state index in [2.05, 4.69) is 10.3 Å². The van der Waals surface area contributed by atoms with Gasteiger partial charge in [0, 0.05) is 11.9 Å². The average molecular weight is 332 g/mol. The molecule has 7 nitrogen and oxygen atoms in total. The van der Waals surface area contributed by atoms with E-state index in [-0.39, 0.29) is 27.8 Å². The van der Waals surface area contributed by atoms with Crippen molar-refractivity contribution >= 4 is 35.3 Å². The van der Waals surface area contributed by atoms with Crippen molar-refractivity contribution in [2.24, 2.45) is 0 Å². The molecule has 8 heteroatoms. The summed E-state index contributed by atoms with van der Waals surface area (Å²) in [6.07, 6.45) is 1.45. The van der Waals surface area contributed by atoms with E-state index in [1.165, 1.54) is 36.5 Å². The number of rotatable bonds is 6. The molecule has 1 heterocycles. The highest BCUT2D eigenvalue weighted by Crippen LogP contribution is 2.20. The zero-order chi connectivity index (χ0) is 16.8. The molecule has 2 aromatic rings. The third kappa shape index (κ3) is 4.55. The van der Waals surface area contributed by atoms with Crippen molar-refractivity contribution in [1.82, 2.24) is 4.98 Å². The fourth-order valence-electron chi connectivity index (χ4n) is 1.73. The van der Waals surface area contributed by atoms with Crippen LogP contribution in [-0.4, -0.2) is 38.8 Å². The van der Waals surface area contributed by atoms with Crippen molar-refractivity contribution < 1.29 is 24.6 Å². The quantitative estimate of drug-likeness (QED) is 0.694. The van der Waals surface area contributed by atoms with Gasteiger partial charge in [-0.1, -0.05) is 17.8 Å². The summed E-state index contributed by atoms with van der Waals surface area (Å²) in [5.74, 6) is -2.64. The SMILES string of the molecule is O=C(CSc1ncccc1C(=O)O)Nc1cccc(C(=O)O)c1. The van der Waals surface area contributed by atoms with Gasteiger partial charge in [0.1, 0.15) is 5.03 Å². The van der Waals surface area contributed by atoms with Crippen LogP contribution in [0.25, 0.3) is 0 Å². The molecular formula is C15H12N2O5S. The fraction of sp³-hybridized carbons (Fsp3) is 0.0667. The number of amides is 1. The lowest BCUT2D eigenvalue weighted by atomic mass is 10.2. The molecule has 0 saturated carbocycles. The van der Waals surface area contributed by atoms with Crippen molar-refractivity contribution in [2.45, 2.75) is 5.03 Å². The summed E-state index contributed by atoms with van der Waals surface area (Å²) in [5.41, 5.74) is 0.446. The Hall–Kier alpha value is -2.87. The predicted molar refractivity (Wildman–Crippen MR) is 84.0 cm³/mol. The number of carboxylic acid groups (broad SMARTS) is 2. The summed E-state index contributed by atoms with van der Waals surface area (Å²) in [5, 5.41) is 20.7. The first-order chi connectivity index (χ1) is 11.0. The number of nitrogens with one attached hydrogen (secondary N) is 1. The number of hydrogen-bond acceptors (Lipinski definition) is 5. The minimum atomic E-state index is -1.12. The van der Waals surface area contributed by atoms with Gasteiger partial charge in [-0.15, -0.1) is 0 Å². The number of thioether (sulfide) groups is 1. The fourth-order valence-corrected chi connectivity index (χ4v) is 2.52. The van der Waals surface area contributed by atoms with E-state index in [9.17, 15) is 14.4 Å². The average Bonchev–Trinajstić information content (AvgIpc) is 2.53. The molecular weight excluding hydrogens is 320 g/mol. The zero-order valence-corrected chi connectivity index (χ0v) is 12.5. The van der Waals surface area contributed by atoms with Crippen LogP contribution in [0.5, 0.6) is 0 Å². The molecule has 0 aliphatic carbocycles. The van der Waals surface area contributed by atoms with Gasteiger partial charge in [0.2, 0.25) is 5.91 Å². The van der Waals surface area contributed by atoms with Crippen molar-refractivity contribution in [1.29, 1.82) is 0 Å². The maximum Gasteiger partial charge on any atom is 0.338 e. The van der Waals surface area contributed by atoms with Crippen LogP contribution in [0, 0.1) is 0 Å². The Morgan fingerprint density at radius 2 is 1.87 bits per heavy atom. The number of benzene rings is 1. The minimum absolute atomic E-state index is 0.0261. The number of nitrogens with zero attached hydrogens (tertiary/aromatic N) is 1. The van der Waals surface area contributed by atoms with E-state index in [1.54, 1.807) is 6.07 Å². The normalized spacial score (nSPS) is 10.1. The molecule has 0 aliphatic heterocycles. The van der Waals surface area contributed by atoms with Crippen LogP contribution in [0.2, 0.25) is 0 Å². The maximum absolute atomic E-state index is 11.9. The van der Waals surface area contributed by atoms with Crippen LogP contribution < -0.4 is 5.32 Å². The van der Waals surface area contributed by atoms with Gasteiger partial charge in [-0.05, 0) is 30.3 Å². The highest BCUT2D eigenvalue weighted by Gasteiger charge is 2.13. The summed E-state index contributed by atoms with van der Waals surface area (Å²) in [6, 6.07) is 8.76. The number of aromatic nitrogens is 1. The van der Waals surface area contributed by atoms with Crippen LogP contribution in [0.1, 0.15) is 20.7 Å². The van der Waals surface area contributed by atoms with Crippen molar-refractivity contribution in [3.63, 3.8) is 0 Å². The lowest BCUT2D eigenvalue weighted by Gasteiger charge is -2.07. The van der Waals surface area contributed by atoms with Gasteiger partial charge in [-0.25, -0.2) is 14.6 Å². The van der Waals surface area contributed by atoms with E-state index in [4.69, 9.17) is 10.2 Å². The first-order valence-corrected chi connectivity index (χ1v) is 7.40. The van der Waals surface area contributed by atoms with Gasteiger partial charge in [0.05, 0.1) is 16.9 Å². The second-order valence-electron chi connectivity index (χ2n) is 4.38. The molecule has 3 N–H and O–H groups in total. The second-order valence-corrected chi connectivity index (χ2v) is 5.35. The Morgan fingerprint density at radius 3 is 2.57 bits per heavy atom. The standard InChI is InChI=1S/C15H12N2O5S/c18-12(17-10-4-1-3-9(7-10)14(19)20)8-23-13-11(15(21)22)5-2-6-16-13/h1-7H,8H2,(H,17,18)(H,19,20)(H,21,22). The van der Waals surface area contributed by atoms with Gasteiger partial charge in [0.15, 0.2) is 0 Å². The molecule has 0 aliphatic rings. The lowest BCUT2D eigenvalue weighted by Crippen LogP contribution is -2.15. The molecule has 23 heavy (non-hydrogen) atoms. The minimum Gasteiger partial charge on any atom is -0.478 e. The summed E-state index contributed by atoms with van der Waals surface area (Å²) in [7, 11) is 0. The van der Waals surface area contributed by atoms with Crippen LogP contribution in [-0.2, 0) is 4.79 Å². The second kappa shape index (κ2) is 7.41. The number of carbonyl (C=O) groups excluding carboxylic acids is 1. The smallest absolute Gasteiger partial charge is 0.338 e. The Labute approximate surface area is 135 Å². The monoisotopic (exact) mass is 332 g/mol. The topological polar surface area (TPSA) is 117 Å². The summed E-state index contributed by atoms with van der Waals surface area (Å²) in [4.78, 5) is 37.8. The van der Waals surface area contributed by atoms with Crippen molar-refractivity contribution in [2.75, 3.05) is 11.1 Å². The third-order valence-electron chi connectivity index (χ3n) is 2.73. The molecule has 1 aromatic heterocycles. The lowest BCUT2D eigenvalue weighted by molar-refractivity contribution is -0.113. The molecule has 1 amide bonds. The number of carbonyl (C=O) groups is 3. The molecule has 118 valence electrons. The Morgan fingerprint density at radius 1 is 1.09 bits per heavy atom. The molecule has 0 saturated heterocycles. The van der Waals surface area contributed by atoms with Crippen LogP contribution in [0.3, 0.4) is 0 Å². The number of aromatic carboxylic acids is 2. The molecule has 1 aromatic carbocycles. The molecule has 0 spiro atoms. The van der Waals surface area contributed by atoms with Gasteiger partial charge in [-0.3, -0.25) is 4.79 Å². The molecule has 0 unspecified atom stereocenters. The highest BCUT2D eigenvalue weighted by atomic mass is 32.2. The van der Waals surface area contributed by atoms with Gasteiger partial charge in [0.25, 0.3) is 0 Å². The molecule has 0 atom stereocenters. The summed E-state index contributed by atoms with van der Waals surface area (Å²) in [6.45, 7) is 0. The molecule has 0 radical (unpaired) electrons. The van der Waals surface area contributed by atoms with Gasteiger partial charge in [-0.2, -0.15) is 0 Å². The zero-order valence-electron chi connectivity index (χ0n) is 11.7. The number of anilines is 1. The molecule has 0 fully saturated rings.